The summed E-state index contributed by atoms with van der Waals surface area (Å²) < 4.78 is 12.6. The van der Waals surface area contributed by atoms with E-state index in [1.165, 1.54) is 25.7 Å². The number of hydrogen-bond donors (Lipinski definition) is 0. The van der Waals surface area contributed by atoms with Crippen molar-refractivity contribution in [3.05, 3.63) is 12.7 Å². The highest BCUT2D eigenvalue weighted by molar-refractivity contribution is 4.87. The Morgan fingerprint density at radius 3 is 2.36 bits per heavy atom. The lowest BCUT2D eigenvalue weighted by Gasteiger charge is -2.38. The van der Waals surface area contributed by atoms with Gasteiger partial charge >= 0.3 is 0 Å². The third-order valence-corrected chi connectivity index (χ3v) is 3.65. The molecule has 2 heteroatoms. The van der Waals surface area contributed by atoms with Gasteiger partial charge in [0.05, 0.1) is 0 Å². The molecule has 80 valence electrons. The van der Waals surface area contributed by atoms with E-state index in [0.29, 0.717) is 13.1 Å². The van der Waals surface area contributed by atoms with E-state index >= 15 is 0 Å². The van der Waals surface area contributed by atoms with E-state index in [2.05, 4.69) is 17.6 Å². The van der Waals surface area contributed by atoms with E-state index in [4.69, 9.17) is 0 Å². The third kappa shape index (κ3) is 2.35. The van der Waals surface area contributed by atoms with Gasteiger partial charge in [-0.2, -0.15) is 0 Å². The molecule has 2 fully saturated rings. The zero-order chi connectivity index (χ0) is 9.97. The number of allylic oxidation sites excluding steroid dienone is 1. The summed E-state index contributed by atoms with van der Waals surface area (Å²) in [6.07, 6.45) is 6.76. The highest BCUT2D eigenvalue weighted by atomic mass is 19.1. The first-order valence-corrected chi connectivity index (χ1v) is 5.77. The third-order valence-electron chi connectivity index (χ3n) is 3.65. The van der Waals surface area contributed by atoms with E-state index in [9.17, 15) is 4.39 Å². The minimum absolute atomic E-state index is 0.542. The quantitative estimate of drug-likeness (QED) is 0.629. The molecule has 0 amide bonds. The second-order valence-corrected chi connectivity index (χ2v) is 4.83. The smallest absolute Gasteiger partial charge is 0.125 e. The molecule has 14 heavy (non-hydrogen) atoms. The molecule has 1 aliphatic carbocycles. The van der Waals surface area contributed by atoms with Crippen molar-refractivity contribution >= 4 is 0 Å². The van der Waals surface area contributed by atoms with Crippen LogP contribution < -0.4 is 0 Å². The number of hydrogen-bond acceptors (Lipinski definition) is 1. The first-order valence-electron chi connectivity index (χ1n) is 5.77. The van der Waals surface area contributed by atoms with Crippen LogP contribution in [0.15, 0.2) is 12.7 Å². The lowest BCUT2D eigenvalue weighted by molar-refractivity contribution is 0.0443. The van der Waals surface area contributed by atoms with Gasteiger partial charge in [0, 0.05) is 19.6 Å². The highest BCUT2D eigenvalue weighted by Gasteiger charge is 2.29. The summed E-state index contributed by atoms with van der Waals surface area (Å²) in [5, 5.41) is 0. The van der Waals surface area contributed by atoms with Crippen LogP contribution in [0, 0.1) is 11.8 Å². The molecule has 0 aromatic rings. The van der Waals surface area contributed by atoms with Crippen LogP contribution in [-0.4, -0.2) is 30.7 Å². The largest absolute Gasteiger partial charge is 0.297 e. The van der Waals surface area contributed by atoms with Crippen LogP contribution in [0.5, 0.6) is 0 Å². The highest BCUT2D eigenvalue weighted by Crippen LogP contribution is 2.30. The van der Waals surface area contributed by atoms with Crippen LogP contribution in [0.3, 0.4) is 0 Å². The van der Waals surface area contributed by atoms with Crippen LogP contribution in [-0.2, 0) is 0 Å². The van der Waals surface area contributed by atoms with Crippen molar-refractivity contribution in [2.45, 2.75) is 31.9 Å². The van der Waals surface area contributed by atoms with Gasteiger partial charge in [0.2, 0.25) is 0 Å². The molecule has 1 nitrogen and oxygen atoms in total. The second kappa shape index (κ2) is 4.43. The molecule has 0 bridgehead atoms. The van der Waals surface area contributed by atoms with E-state index in [1.807, 2.05) is 0 Å². The molecule has 0 aromatic carbocycles. The molecule has 0 unspecified atom stereocenters. The summed E-state index contributed by atoms with van der Waals surface area (Å²) in [6.45, 7) is 6.34. The predicted octanol–water partition coefficient (Wildman–Crippen LogP) is 2.63. The van der Waals surface area contributed by atoms with Gasteiger partial charge in [0.15, 0.2) is 0 Å². The maximum Gasteiger partial charge on any atom is 0.125 e. The lowest BCUT2D eigenvalue weighted by Crippen LogP contribution is -2.50. The van der Waals surface area contributed by atoms with Gasteiger partial charge in [0.1, 0.15) is 6.17 Å². The average Bonchev–Trinajstić information content (AvgIpc) is 2.17. The first kappa shape index (κ1) is 10.2. The van der Waals surface area contributed by atoms with Gasteiger partial charge in [-0.05, 0) is 37.5 Å². The Kier molecular flexibility index (Phi) is 3.22. The zero-order valence-electron chi connectivity index (χ0n) is 8.79. The Labute approximate surface area is 86.0 Å². The van der Waals surface area contributed by atoms with Gasteiger partial charge in [-0.15, -0.1) is 6.58 Å². The van der Waals surface area contributed by atoms with Crippen LogP contribution in [0.25, 0.3) is 0 Å². The average molecular weight is 197 g/mol. The van der Waals surface area contributed by atoms with Crippen molar-refractivity contribution in [3.8, 4) is 0 Å². The van der Waals surface area contributed by atoms with E-state index in [-0.39, 0.29) is 0 Å². The number of alkyl halides is 1. The van der Waals surface area contributed by atoms with Crippen LogP contribution in [0.4, 0.5) is 4.39 Å². The maximum absolute atomic E-state index is 12.6. The van der Waals surface area contributed by atoms with Gasteiger partial charge in [-0.3, -0.25) is 4.90 Å². The molecule has 0 radical (unpaired) electrons. The summed E-state index contributed by atoms with van der Waals surface area (Å²) in [4.78, 5) is 2.25. The molecule has 1 saturated heterocycles. The summed E-state index contributed by atoms with van der Waals surface area (Å²) in [5.41, 5.74) is 0. The van der Waals surface area contributed by atoms with Crippen molar-refractivity contribution < 1.29 is 4.39 Å². The fourth-order valence-corrected chi connectivity index (χ4v) is 2.63. The monoisotopic (exact) mass is 197 g/mol. The van der Waals surface area contributed by atoms with Crippen LogP contribution in [0.1, 0.15) is 25.7 Å². The number of likely N-dealkylation sites (tertiary alicyclic amines) is 1. The molecule has 0 aromatic heterocycles. The maximum atomic E-state index is 12.6. The Bertz CT molecular complexity index is 190. The Morgan fingerprint density at radius 2 is 1.86 bits per heavy atom. The van der Waals surface area contributed by atoms with Gasteiger partial charge in [0.25, 0.3) is 0 Å². The van der Waals surface area contributed by atoms with Crippen molar-refractivity contribution in [1.82, 2.24) is 4.90 Å². The molecular formula is C12H20FN. The SMILES string of the molecule is C=CC1CCC(CN2CC(F)C2)CC1. The Morgan fingerprint density at radius 1 is 1.21 bits per heavy atom. The molecule has 0 atom stereocenters. The number of nitrogens with zero attached hydrogens (tertiary/aromatic N) is 1. The summed E-state index contributed by atoms with van der Waals surface area (Å²) in [7, 11) is 0. The fourth-order valence-electron chi connectivity index (χ4n) is 2.63. The lowest BCUT2D eigenvalue weighted by atomic mass is 9.81. The molecule has 1 heterocycles. The van der Waals surface area contributed by atoms with Crippen molar-refractivity contribution in [2.75, 3.05) is 19.6 Å². The Balaban J connectivity index is 1.66. The van der Waals surface area contributed by atoms with Crippen LogP contribution in [0.2, 0.25) is 0 Å². The first-order chi connectivity index (χ1) is 6.78. The zero-order valence-corrected chi connectivity index (χ0v) is 8.79. The van der Waals surface area contributed by atoms with Gasteiger partial charge in [-0.1, -0.05) is 6.08 Å². The minimum atomic E-state index is -0.542. The Hall–Kier alpha value is -0.370. The summed E-state index contributed by atoms with van der Waals surface area (Å²) in [5.74, 6) is 1.57. The molecule has 2 aliphatic rings. The standard InChI is InChI=1S/C12H20FN/c1-2-10-3-5-11(6-4-10)7-14-8-12(13)9-14/h2,10-12H,1,3-9H2. The van der Waals surface area contributed by atoms with Gasteiger partial charge in [-0.25, -0.2) is 4.39 Å². The molecule has 1 saturated carbocycles. The van der Waals surface area contributed by atoms with Crippen LogP contribution >= 0.6 is 0 Å². The molecule has 0 N–H and O–H groups in total. The second-order valence-electron chi connectivity index (χ2n) is 4.83. The van der Waals surface area contributed by atoms with E-state index in [1.54, 1.807) is 0 Å². The van der Waals surface area contributed by atoms with Crippen molar-refractivity contribution in [3.63, 3.8) is 0 Å². The van der Waals surface area contributed by atoms with E-state index in [0.717, 1.165) is 18.4 Å². The van der Waals surface area contributed by atoms with E-state index < -0.39 is 6.17 Å². The fraction of sp³-hybridized carbons (Fsp3) is 0.833. The summed E-state index contributed by atoms with van der Waals surface area (Å²) >= 11 is 0. The van der Waals surface area contributed by atoms with Crippen molar-refractivity contribution in [1.29, 1.82) is 0 Å². The molecular weight excluding hydrogens is 177 g/mol. The van der Waals surface area contributed by atoms with Crippen molar-refractivity contribution in [2.24, 2.45) is 11.8 Å². The van der Waals surface area contributed by atoms with Gasteiger partial charge < -0.3 is 0 Å². The number of rotatable bonds is 3. The number of halogens is 1. The predicted molar refractivity (Wildman–Crippen MR) is 57.0 cm³/mol. The molecule has 0 spiro atoms. The molecule has 2 rings (SSSR count). The molecule has 1 aliphatic heterocycles. The minimum Gasteiger partial charge on any atom is -0.297 e. The summed E-state index contributed by atoms with van der Waals surface area (Å²) in [6, 6.07) is 0. The normalized spacial score (nSPS) is 35.2. The topological polar surface area (TPSA) is 3.24 Å².